The molecule has 0 unspecified atom stereocenters. The van der Waals surface area contributed by atoms with E-state index >= 15 is 0 Å². The number of ether oxygens (including phenoxy) is 2. The molecule has 1 saturated heterocycles. The zero-order valence-electron chi connectivity index (χ0n) is 18.6. The Morgan fingerprint density at radius 3 is 2.53 bits per heavy atom. The summed E-state index contributed by atoms with van der Waals surface area (Å²) in [5.74, 6) is 1.31. The van der Waals surface area contributed by atoms with Crippen molar-refractivity contribution in [3.05, 3.63) is 59.7 Å². The zero-order chi connectivity index (χ0) is 22.5. The average molecular weight is 436 g/mol. The van der Waals surface area contributed by atoms with Crippen molar-refractivity contribution in [1.29, 1.82) is 0 Å². The van der Waals surface area contributed by atoms with Crippen molar-refractivity contribution in [2.75, 3.05) is 27.3 Å². The molecule has 2 aromatic carbocycles. The van der Waals surface area contributed by atoms with Crippen LogP contribution in [-0.2, 0) is 9.59 Å². The van der Waals surface area contributed by atoms with Gasteiger partial charge in [0, 0.05) is 37.4 Å². The maximum absolute atomic E-state index is 13.0. The Labute approximate surface area is 188 Å². The molecule has 0 aromatic heterocycles. The van der Waals surface area contributed by atoms with Crippen molar-refractivity contribution in [2.24, 2.45) is 5.10 Å². The van der Waals surface area contributed by atoms with Crippen LogP contribution in [0.3, 0.4) is 0 Å². The second-order valence-corrected chi connectivity index (χ2v) is 8.03. The van der Waals surface area contributed by atoms with Gasteiger partial charge in [0.25, 0.3) is 0 Å². The lowest BCUT2D eigenvalue weighted by Crippen LogP contribution is -2.32. The molecule has 0 N–H and O–H groups in total. The Balaban J connectivity index is 1.38. The fourth-order valence-electron chi connectivity index (χ4n) is 4.44. The lowest BCUT2D eigenvalue weighted by Gasteiger charge is -2.26. The van der Waals surface area contributed by atoms with Gasteiger partial charge in [0.1, 0.15) is 11.5 Å². The number of rotatable bonds is 7. The summed E-state index contributed by atoms with van der Waals surface area (Å²) in [6.07, 6.45) is 2.87. The predicted octanol–water partition coefficient (Wildman–Crippen LogP) is 3.78. The third-order valence-electron chi connectivity index (χ3n) is 6.12. The standard InChI is InChI=1S/C25H29N3O4/c1-31-19-10-11-20(23(17-19)32-2)22-9-6-15-27(22)24(29)12-13-25(30)28-16-14-21(26-28)18-7-4-3-5-8-18/h3-5,7-8,10-11,17,22H,6,9,12-16H2,1-2H3/t22-/m0/s1. The molecule has 2 heterocycles. The summed E-state index contributed by atoms with van der Waals surface area (Å²) in [5.41, 5.74) is 2.92. The molecule has 0 spiro atoms. The summed E-state index contributed by atoms with van der Waals surface area (Å²) in [7, 11) is 3.24. The molecular weight excluding hydrogens is 406 g/mol. The van der Waals surface area contributed by atoms with Crippen LogP contribution in [0.2, 0.25) is 0 Å². The predicted molar refractivity (Wildman–Crippen MR) is 122 cm³/mol. The lowest BCUT2D eigenvalue weighted by molar-refractivity contribution is -0.137. The van der Waals surface area contributed by atoms with Gasteiger partial charge in [-0.15, -0.1) is 0 Å². The number of hydrogen-bond acceptors (Lipinski definition) is 5. The van der Waals surface area contributed by atoms with Gasteiger partial charge >= 0.3 is 0 Å². The molecule has 2 aromatic rings. The van der Waals surface area contributed by atoms with Crippen molar-refractivity contribution in [1.82, 2.24) is 9.91 Å². The molecule has 1 fully saturated rings. The van der Waals surface area contributed by atoms with E-state index in [1.54, 1.807) is 14.2 Å². The molecule has 7 heteroatoms. The molecule has 0 aliphatic carbocycles. The number of amides is 2. The minimum Gasteiger partial charge on any atom is -0.497 e. The van der Waals surface area contributed by atoms with Crippen LogP contribution in [0, 0.1) is 0 Å². The van der Waals surface area contributed by atoms with Crippen LogP contribution in [0.4, 0.5) is 0 Å². The monoisotopic (exact) mass is 435 g/mol. The number of nitrogens with zero attached hydrogens (tertiary/aromatic N) is 3. The van der Waals surface area contributed by atoms with Gasteiger partial charge in [0.05, 0.1) is 32.5 Å². The number of carbonyl (C=O) groups is 2. The van der Waals surface area contributed by atoms with Crippen molar-refractivity contribution in [3.8, 4) is 11.5 Å². The normalized spacial score (nSPS) is 17.9. The van der Waals surface area contributed by atoms with E-state index in [0.717, 1.165) is 36.1 Å². The van der Waals surface area contributed by atoms with E-state index < -0.39 is 0 Å². The second kappa shape index (κ2) is 9.85. The summed E-state index contributed by atoms with van der Waals surface area (Å²) >= 11 is 0. The van der Waals surface area contributed by atoms with Gasteiger partial charge in [-0.1, -0.05) is 30.3 Å². The maximum atomic E-state index is 13.0. The highest BCUT2D eigenvalue weighted by Gasteiger charge is 2.32. The number of hydrogen-bond donors (Lipinski definition) is 0. The van der Waals surface area contributed by atoms with Crippen LogP contribution in [0.5, 0.6) is 11.5 Å². The van der Waals surface area contributed by atoms with Gasteiger partial charge in [0.15, 0.2) is 0 Å². The third-order valence-corrected chi connectivity index (χ3v) is 6.12. The molecule has 2 aliphatic rings. The van der Waals surface area contributed by atoms with E-state index in [1.807, 2.05) is 53.4 Å². The first-order chi connectivity index (χ1) is 15.6. The first-order valence-corrected chi connectivity index (χ1v) is 11.1. The first kappa shape index (κ1) is 21.9. The van der Waals surface area contributed by atoms with Crippen LogP contribution in [-0.4, -0.2) is 54.7 Å². The Morgan fingerprint density at radius 2 is 1.78 bits per heavy atom. The van der Waals surface area contributed by atoms with Crippen LogP contribution >= 0.6 is 0 Å². The third kappa shape index (κ3) is 4.61. The van der Waals surface area contributed by atoms with Gasteiger partial charge in [-0.3, -0.25) is 9.59 Å². The summed E-state index contributed by atoms with van der Waals surface area (Å²) in [5, 5.41) is 5.99. The number of carbonyl (C=O) groups excluding carboxylic acids is 2. The van der Waals surface area contributed by atoms with Crippen molar-refractivity contribution in [3.63, 3.8) is 0 Å². The SMILES string of the molecule is COc1ccc([C@@H]2CCCN2C(=O)CCC(=O)N2CCC(c3ccccc3)=N2)c(OC)c1. The van der Waals surface area contributed by atoms with Crippen LogP contribution in [0.1, 0.15) is 49.3 Å². The molecule has 32 heavy (non-hydrogen) atoms. The smallest absolute Gasteiger partial charge is 0.243 e. The fraction of sp³-hybridized carbons (Fsp3) is 0.400. The topological polar surface area (TPSA) is 71.4 Å². The lowest BCUT2D eigenvalue weighted by atomic mass is 10.0. The molecular formula is C25H29N3O4. The Morgan fingerprint density at radius 1 is 1.00 bits per heavy atom. The molecule has 4 rings (SSSR count). The van der Waals surface area contributed by atoms with E-state index in [2.05, 4.69) is 5.10 Å². The Bertz CT molecular complexity index is 1010. The van der Waals surface area contributed by atoms with Crippen molar-refractivity contribution < 1.29 is 19.1 Å². The molecule has 0 radical (unpaired) electrons. The highest BCUT2D eigenvalue weighted by atomic mass is 16.5. The summed E-state index contributed by atoms with van der Waals surface area (Å²) < 4.78 is 10.8. The van der Waals surface area contributed by atoms with Gasteiger partial charge in [-0.25, -0.2) is 5.01 Å². The van der Waals surface area contributed by atoms with Gasteiger partial charge < -0.3 is 14.4 Å². The van der Waals surface area contributed by atoms with Gasteiger partial charge in [-0.05, 0) is 30.5 Å². The first-order valence-electron chi connectivity index (χ1n) is 11.1. The number of likely N-dealkylation sites (tertiary alicyclic amines) is 1. The second-order valence-electron chi connectivity index (χ2n) is 8.03. The largest absolute Gasteiger partial charge is 0.497 e. The molecule has 0 saturated carbocycles. The van der Waals surface area contributed by atoms with E-state index in [0.29, 0.717) is 24.6 Å². The quantitative estimate of drug-likeness (QED) is 0.664. The molecule has 7 nitrogen and oxygen atoms in total. The molecule has 0 bridgehead atoms. The number of hydrazone groups is 1. The Kier molecular flexibility index (Phi) is 6.73. The Hall–Kier alpha value is -3.35. The maximum Gasteiger partial charge on any atom is 0.243 e. The molecule has 2 amide bonds. The van der Waals surface area contributed by atoms with Crippen molar-refractivity contribution in [2.45, 2.75) is 38.1 Å². The van der Waals surface area contributed by atoms with E-state index in [9.17, 15) is 9.59 Å². The minimum atomic E-state index is -0.109. The number of methoxy groups -OCH3 is 2. The van der Waals surface area contributed by atoms with E-state index in [-0.39, 0.29) is 30.7 Å². The summed E-state index contributed by atoms with van der Waals surface area (Å²) in [4.78, 5) is 27.6. The van der Waals surface area contributed by atoms with Gasteiger partial charge in [-0.2, -0.15) is 5.10 Å². The van der Waals surface area contributed by atoms with E-state index in [4.69, 9.17) is 9.47 Å². The van der Waals surface area contributed by atoms with Crippen LogP contribution in [0.25, 0.3) is 0 Å². The fourth-order valence-corrected chi connectivity index (χ4v) is 4.44. The van der Waals surface area contributed by atoms with Crippen LogP contribution < -0.4 is 9.47 Å². The number of benzene rings is 2. The minimum absolute atomic E-state index is 0.00909. The van der Waals surface area contributed by atoms with Gasteiger partial charge in [0.2, 0.25) is 11.8 Å². The van der Waals surface area contributed by atoms with E-state index in [1.165, 1.54) is 5.01 Å². The highest BCUT2D eigenvalue weighted by Crippen LogP contribution is 2.39. The molecule has 1 atom stereocenters. The highest BCUT2D eigenvalue weighted by molar-refractivity contribution is 6.02. The molecule has 168 valence electrons. The zero-order valence-corrected chi connectivity index (χ0v) is 18.6. The summed E-state index contributed by atoms with van der Waals surface area (Å²) in [6, 6.07) is 15.5. The average Bonchev–Trinajstić information content (AvgIpc) is 3.53. The van der Waals surface area contributed by atoms with Crippen molar-refractivity contribution >= 4 is 17.5 Å². The molecule has 2 aliphatic heterocycles. The summed E-state index contributed by atoms with van der Waals surface area (Å²) in [6.45, 7) is 1.25. The van der Waals surface area contributed by atoms with Crippen LogP contribution in [0.15, 0.2) is 53.6 Å².